The van der Waals surface area contributed by atoms with Crippen molar-refractivity contribution in [1.29, 1.82) is 0 Å². The van der Waals surface area contributed by atoms with E-state index in [9.17, 15) is 13.6 Å². The molecule has 1 aromatic heterocycles. The topological polar surface area (TPSA) is 58.0 Å². The quantitative estimate of drug-likeness (QED) is 0.848. The summed E-state index contributed by atoms with van der Waals surface area (Å²) in [6, 6.07) is 7.82. The van der Waals surface area contributed by atoms with E-state index in [-0.39, 0.29) is 12.1 Å². The number of rotatable bonds is 3. The van der Waals surface area contributed by atoms with Gasteiger partial charge in [-0.2, -0.15) is 5.10 Å². The third-order valence-electron chi connectivity index (χ3n) is 4.34. The molecule has 8 heteroatoms. The molecule has 1 saturated heterocycles. The van der Waals surface area contributed by atoms with Crippen molar-refractivity contribution < 1.29 is 18.3 Å². The summed E-state index contributed by atoms with van der Waals surface area (Å²) in [5.41, 5.74) is 0.384. The van der Waals surface area contributed by atoms with Gasteiger partial charge in [0.05, 0.1) is 19.1 Å². The molecule has 1 fully saturated rings. The highest BCUT2D eigenvalue weighted by atomic mass is 19.1. The molecule has 2 aliphatic rings. The van der Waals surface area contributed by atoms with E-state index in [1.54, 1.807) is 29.4 Å². The largest absolute Gasteiger partial charge is 0.471 e. The van der Waals surface area contributed by atoms with Gasteiger partial charge in [0, 0.05) is 31.0 Å². The number of hydrogen-bond donors (Lipinski definition) is 0. The Morgan fingerprint density at radius 2 is 1.92 bits per heavy atom. The first-order valence-corrected chi connectivity index (χ1v) is 8.24. The van der Waals surface area contributed by atoms with Crippen LogP contribution in [0.2, 0.25) is 0 Å². The number of ether oxygens (including phenoxy) is 1. The zero-order chi connectivity index (χ0) is 18.1. The maximum absolute atomic E-state index is 13.5. The predicted octanol–water partition coefficient (Wildman–Crippen LogP) is 2.98. The van der Waals surface area contributed by atoms with Crippen molar-refractivity contribution in [1.82, 2.24) is 14.9 Å². The monoisotopic (exact) mass is 358 g/mol. The molecule has 0 spiro atoms. The highest BCUT2D eigenvalue weighted by Crippen LogP contribution is 2.31. The van der Waals surface area contributed by atoms with E-state index in [1.165, 1.54) is 17.1 Å². The number of amides is 2. The number of nitrogens with zero attached hydrogens (tertiary/aromatic N) is 4. The van der Waals surface area contributed by atoms with Crippen LogP contribution in [-0.2, 0) is 0 Å². The number of carbonyl (C=O) groups excluding carboxylic acids is 1. The normalized spacial score (nSPS) is 19.5. The summed E-state index contributed by atoms with van der Waals surface area (Å²) in [5.74, 6) is -0.837. The molecule has 0 bridgehead atoms. The van der Waals surface area contributed by atoms with Crippen molar-refractivity contribution in [2.45, 2.75) is 18.6 Å². The van der Waals surface area contributed by atoms with E-state index in [0.29, 0.717) is 31.0 Å². The van der Waals surface area contributed by atoms with Crippen molar-refractivity contribution in [3.05, 3.63) is 59.8 Å². The number of pyridine rings is 1. The van der Waals surface area contributed by atoms with Crippen LogP contribution in [0.15, 0.2) is 47.7 Å². The van der Waals surface area contributed by atoms with Gasteiger partial charge in [-0.05, 0) is 23.8 Å². The summed E-state index contributed by atoms with van der Waals surface area (Å²) in [7, 11) is 0. The van der Waals surface area contributed by atoms with Gasteiger partial charge in [-0.25, -0.2) is 23.6 Å². The number of hydrazone groups is 1. The van der Waals surface area contributed by atoms with Crippen molar-refractivity contribution in [2.24, 2.45) is 5.10 Å². The molecule has 2 amide bonds. The number of urea groups is 1. The van der Waals surface area contributed by atoms with E-state index < -0.39 is 17.7 Å². The molecule has 0 radical (unpaired) electrons. The predicted molar refractivity (Wildman–Crippen MR) is 89.7 cm³/mol. The number of halogens is 2. The summed E-state index contributed by atoms with van der Waals surface area (Å²) in [6.45, 7) is 0.817. The third kappa shape index (κ3) is 3.22. The van der Waals surface area contributed by atoms with Gasteiger partial charge >= 0.3 is 6.03 Å². The Hall–Kier alpha value is -3.03. The van der Waals surface area contributed by atoms with Gasteiger partial charge in [-0.15, -0.1) is 0 Å². The van der Waals surface area contributed by atoms with Gasteiger partial charge in [0.15, 0.2) is 0 Å². The van der Waals surface area contributed by atoms with Gasteiger partial charge in [0.25, 0.3) is 0 Å². The van der Waals surface area contributed by atoms with Crippen LogP contribution in [0.1, 0.15) is 18.0 Å². The summed E-state index contributed by atoms with van der Waals surface area (Å²) in [4.78, 5) is 18.3. The molecule has 6 nitrogen and oxygen atoms in total. The standard InChI is InChI=1S/C18H16F2N4O2/c19-13-7-12(8-14(20)9-13)16-4-6-22-24(16)18(25)23-10-15(11-23)26-17-3-1-2-5-21-17/h1-3,5-9,15-16H,4,10-11H2/t16-/m0/s1. The molecule has 0 saturated carbocycles. The average molecular weight is 358 g/mol. The van der Waals surface area contributed by atoms with E-state index in [0.717, 1.165) is 6.07 Å². The Bertz CT molecular complexity index is 820. The van der Waals surface area contributed by atoms with Crippen molar-refractivity contribution in [3.8, 4) is 5.88 Å². The molecule has 134 valence electrons. The first-order chi connectivity index (χ1) is 12.6. The van der Waals surface area contributed by atoms with Crippen LogP contribution in [-0.4, -0.2) is 46.3 Å². The Morgan fingerprint density at radius 3 is 2.62 bits per heavy atom. The lowest BCUT2D eigenvalue weighted by Crippen LogP contribution is -2.58. The minimum atomic E-state index is -0.674. The van der Waals surface area contributed by atoms with E-state index in [4.69, 9.17) is 4.74 Å². The molecule has 1 atom stereocenters. The number of benzene rings is 1. The van der Waals surface area contributed by atoms with Crippen LogP contribution in [0.5, 0.6) is 5.88 Å². The molecule has 3 heterocycles. The van der Waals surface area contributed by atoms with Crippen molar-refractivity contribution >= 4 is 12.2 Å². The second-order valence-electron chi connectivity index (χ2n) is 6.19. The minimum absolute atomic E-state index is 0.134. The number of carbonyl (C=O) groups is 1. The zero-order valence-corrected chi connectivity index (χ0v) is 13.8. The smallest absolute Gasteiger partial charge is 0.341 e. The molecule has 26 heavy (non-hydrogen) atoms. The molecule has 2 aliphatic heterocycles. The maximum Gasteiger partial charge on any atom is 0.341 e. The third-order valence-corrected chi connectivity index (χ3v) is 4.34. The Labute approximate surface area is 148 Å². The fourth-order valence-electron chi connectivity index (χ4n) is 3.04. The highest BCUT2D eigenvalue weighted by molar-refractivity contribution is 5.79. The Balaban J connectivity index is 1.39. The van der Waals surface area contributed by atoms with Crippen LogP contribution in [0, 0.1) is 11.6 Å². The van der Waals surface area contributed by atoms with E-state index in [1.807, 2.05) is 6.07 Å². The lowest BCUT2D eigenvalue weighted by Gasteiger charge is -2.40. The lowest BCUT2D eigenvalue weighted by atomic mass is 10.0. The second kappa shape index (κ2) is 6.70. The maximum atomic E-state index is 13.5. The highest BCUT2D eigenvalue weighted by Gasteiger charge is 2.39. The van der Waals surface area contributed by atoms with Crippen LogP contribution in [0.4, 0.5) is 13.6 Å². The summed E-state index contributed by atoms with van der Waals surface area (Å²) in [6.07, 6.45) is 3.49. The second-order valence-corrected chi connectivity index (χ2v) is 6.19. The van der Waals surface area contributed by atoms with Crippen molar-refractivity contribution in [3.63, 3.8) is 0 Å². The van der Waals surface area contributed by atoms with Crippen molar-refractivity contribution in [2.75, 3.05) is 13.1 Å². The van der Waals surface area contributed by atoms with Crippen LogP contribution >= 0.6 is 0 Å². The average Bonchev–Trinajstić information content (AvgIpc) is 3.07. The Kier molecular flexibility index (Phi) is 4.24. The first kappa shape index (κ1) is 16.4. The molecule has 2 aromatic rings. The molecule has 0 aliphatic carbocycles. The minimum Gasteiger partial charge on any atom is -0.471 e. The number of likely N-dealkylation sites (tertiary alicyclic amines) is 1. The molecule has 4 rings (SSSR count). The van der Waals surface area contributed by atoms with Crippen LogP contribution in [0.25, 0.3) is 0 Å². The molecule has 0 N–H and O–H groups in total. The van der Waals surface area contributed by atoms with Gasteiger partial charge in [-0.3, -0.25) is 0 Å². The van der Waals surface area contributed by atoms with E-state index in [2.05, 4.69) is 10.1 Å². The molecule has 0 unspecified atom stereocenters. The van der Waals surface area contributed by atoms with Gasteiger partial charge in [-0.1, -0.05) is 6.07 Å². The Morgan fingerprint density at radius 1 is 1.15 bits per heavy atom. The van der Waals surface area contributed by atoms with Gasteiger partial charge < -0.3 is 9.64 Å². The first-order valence-electron chi connectivity index (χ1n) is 8.24. The fraction of sp³-hybridized carbons (Fsp3) is 0.278. The van der Waals surface area contributed by atoms with Crippen LogP contribution < -0.4 is 4.74 Å². The SMILES string of the molecule is O=C(N1CC(Oc2ccccn2)C1)N1N=CC[C@H]1c1cc(F)cc(F)c1. The zero-order valence-electron chi connectivity index (χ0n) is 13.8. The fourth-order valence-corrected chi connectivity index (χ4v) is 3.04. The lowest BCUT2D eigenvalue weighted by molar-refractivity contribution is 0.0252. The van der Waals surface area contributed by atoms with Gasteiger partial charge in [0.2, 0.25) is 5.88 Å². The summed E-state index contributed by atoms with van der Waals surface area (Å²) in [5, 5.41) is 5.35. The number of hydrogen-bond acceptors (Lipinski definition) is 4. The molecular formula is C18H16F2N4O2. The summed E-state index contributed by atoms with van der Waals surface area (Å²) < 4.78 is 32.6. The van der Waals surface area contributed by atoms with Crippen LogP contribution in [0.3, 0.4) is 0 Å². The van der Waals surface area contributed by atoms with Gasteiger partial charge in [0.1, 0.15) is 17.7 Å². The van der Waals surface area contributed by atoms with E-state index >= 15 is 0 Å². The number of aromatic nitrogens is 1. The molecule has 1 aromatic carbocycles. The molecular weight excluding hydrogens is 342 g/mol. The summed E-state index contributed by atoms with van der Waals surface area (Å²) >= 11 is 0.